The van der Waals surface area contributed by atoms with Crippen molar-refractivity contribution in [2.75, 3.05) is 16.4 Å². The Morgan fingerprint density at radius 2 is 2.12 bits per heavy atom. The van der Waals surface area contributed by atoms with E-state index in [4.69, 9.17) is 17.3 Å². The lowest BCUT2D eigenvalue weighted by Crippen LogP contribution is -2.15. The summed E-state index contributed by atoms with van der Waals surface area (Å²) in [4.78, 5) is 12.3. The van der Waals surface area contributed by atoms with Crippen molar-refractivity contribution in [3.8, 4) is 6.07 Å². The Balaban J connectivity index is 2.20. The molecule has 4 N–H and O–H groups in total. The van der Waals surface area contributed by atoms with Gasteiger partial charge in [0.15, 0.2) is 0 Å². The van der Waals surface area contributed by atoms with Crippen LogP contribution in [0.5, 0.6) is 0 Å². The second kappa shape index (κ2) is 8.22. The van der Waals surface area contributed by atoms with E-state index in [-0.39, 0.29) is 5.57 Å². The fourth-order valence-corrected chi connectivity index (χ4v) is 2.58. The number of hydrogen-bond acceptors (Lipinski definition) is 4. The highest BCUT2D eigenvalue weighted by Crippen LogP contribution is 2.25. The molecule has 0 atom stereocenters. The number of amides is 1. The molecule has 0 saturated carbocycles. The minimum atomic E-state index is -0.548. The third-order valence-electron chi connectivity index (χ3n) is 3.71. The summed E-state index contributed by atoms with van der Waals surface area (Å²) in [7, 11) is 0. The van der Waals surface area contributed by atoms with Crippen LogP contribution in [0.3, 0.4) is 0 Å². The number of anilines is 3. The molecule has 0 aliphatic rings. The maximum atomic E-state index is 12.3. The number of nitrogens with one attached hydrogen (secondary N) is 2. The maximum Gasteiger partial charge on any atom is 0.267 e. The summed E-state index contributed by atoms with van der Waals surface area (Å²) in [6, 6.07) is 12.6. The molecule has 0 aliphatic carbocycles. The summed E-state index contributed by atoms with van der Waals surface area (Å²) in [5.41, 5.74) is 9.50. The Bertz CT molecular complexity index is 868. The van der Waals surface area contributed by atoms with Crippen LogP contribution < -0.4 is 16.4 Å². The minimum absolute atomic E-state index is 0.0572. The largest absolute Gasteiger partial charge is 0.399 e. The number of nitrogen functional groups attached to an aromatic ring is 1. The van der Waals surface area contributed by atoms with Gasteiger partial charge in [-0.2, -0.15) is 5.26 Å². The lowest BCUT2D eigenvalue weighted by Gasteiger charge is -2.12. The molecule has 2 aromatic rings. The van der Waals surface area contributed by atoms with E-state index in [0.29, 0.717) is 16.4 Å². The highest BCUT2D eigenvalue weighted by Gasteiger charge is 2.12. The van der Waals surface area contributed by atoms with Crippen LogP contribution >= 0.6 is 11.6 Å². The summed E-state index contributed by atoms with van der Waals surface area (Å²) < 4.78 is 0. The van der Waals surface area contributed by atoms with E-state index in [1.807, 2.05) is 38.1 Å². The molecule has 1 amide bonds. The maximum absolute atomic E-state index is 12.3. The van der Waals surface area contributed by atoms with E-state index >= 15 is 0 Å². The number of hydrogen-bond donors (Lipinski definition) is 3. The van der Waals surface area contributed by atoms with Gasteiger partial charge in [-0.05, 0) is 42.7 Å². The zero-order valence-electron chi connectivity index (χ0n) is 14.1. The molecule has 2 aromatic carbocycles. The van der Waals surface area contributed by atoms with Crippen molar-refractivity contribution in [3.05, 3.63) is 64.3 Å². The molecule has 0 fully saturated rings. The molecule has 6 heteroatoms. The molecular formula is C19H19ClN4O. The number of carbonyl (C=O) groups is 1. The van der Waals surface area contributed by atoms with Crippen LogP contribution in [0.4, 0.5) is 17.1 Å². The highest BCUT2D eigenvalue weighted by molar-refractivity contribution is 6.34. The third kappa shape index (κ3) is 4.52. The molecule has 0 aliphatic heterocycles. The van der Waals surface area contributed by atoms with E-state index in [9.17, 15) is 10.1 Å². The van der Waals surface area contributed by atoms with Gasteiger partial charge in [-0.1, -0.05) is 36.7 Å². The van der Waals surface area contributed by atoms with Gasteiger partial charge >= 0.3 is 0 Å². The quantitative estimate of drug-likeness (QED) is 0.425. The number of nitrogens with two attached hydrogens (primary N) is 1. The van der Waals surface area contributed by atoms with Crippen LogP contribution in [0.1, 0.15) is 18.1 Å². The molecule has 2 rings (SSSR count). The predicted molar refractivity (Wildman–Crippen MR) is 102 cm³/mol. The lowest BCUT2D eigenvalue weighted by molar-refractivity contribution is -0.112. The van der Waals surface area contributed by atoms with Crippen molar-refractivity contribution in [1.29, 1.82) is 5.26 Å². The van der Waals surface area contributed by atoms with Crippen molar-refractivity contribution >= 4 is 34.6 Å². The van der Waals surface area contributed by atoms with Crippen molar-refractivity contribution in [1.82, 2.24) is 0 Å². The molecule has 5 nitrogen and oxygen atoms in total. The summed E-state index contributed by atoms with van der Waals surface area (Å²) in [6.45, 7) is 4.01. The predicted octanol–water partition coefficient (Wildman–Crippen LogP) is 4.25. The molecular weight excluding hydrogens is 336 g/mol. The van der Waals surface area contributed by atoms with Gasteiger partial charge in [0, 0.05) is 17.6 Å². The van der Waals surface area contributed by atoms with Crippen molar-refractivity contribution in [2.45, 2.75) is 20.3 Å². The number of benzene rings is 2. The van der Waals surface area contributed by atoms with Gasteiger partial charge in [-0.15, -0.1) is 0 Å². The summed E-state index contributed by atoms with van der Waals surface area (Å²) in [6.07, 6.45) is 2.25. The smallest absolute Gasteiger partial charge is 0.267 e. The number of rotatable bonds is 5. The second-order valence-electron chi connectivity index (χ2n) is 5.47. The van der Waals surface area contributed by atoms with Crippen LogP contribution in [0.25, 0.3) is 0 Å². The van der Waals surface area contributed by atoms with E-state index in [1.54, 1.807) is 12.1 Å². The van der Waals surface area contributed by atoms with Gasteiger partial charge in [-0.25, -0.2) is 0 Å². The molecule has 0 saturated heterocycles. The average Bonchev–Trinajstić information content (AvgIpc) is 2.59. The van der Waals surface area contributed by atoms with Crippen molar-refractivity contribution in [3.63, 3.8) is 0 Å². The highest BCUT2D eigenvalue weighted by atomic mass is 35.5. The Labute approximate surface area is 152 Å². The first-order valence-corrected chi connectivity index (χ1v) is 8.15. The summed E-state index contributed by atoms with van der Waals surface area (Å²) >= 11 is 6.04. The van der Waals surface area contributed by atoms with Gasteiger partial charge in [0.05, 0.1) is 10.7 Å². The molecule has 0 heterocycles. The van der Waals surface area contributed by atoms with Crippen molar-refractivity contribution < 1.29 is 4.79 Å². The van der Waals surface area contributed by atoms with E-state index < -0.39 is 5.91 Å². The topological polar surface area (TPSA) is 90.9 Å². The fourth-order valence-electron chi connectivity index (χ4n) is 2.34. The molecule has 25 heavy (non-hydrogen) atoms. The first-order chi connectivity index (χ1) is 12.0. The van der Waals surface area contributed by atoms with Gasteiger partial charge in [0.2, 0.25) is 0 Å². The molecule has 0 spiro atoms. The summed E-state index contributed by atoms with van der Waals surface area (Å²) in [5, 5.41) is 15.3. The first kappa shape index (κ1) is 18.4. The van der Waals surface area contributed by atoms with E-state index in [0.717, 1.165) is 23.2 Å². The minimum Gasteiger partial charge on any atom is -0.399 e. The normalized spacial score (nSPS) is 10.9. The fraction of sp³-hybridized carbons (Fsp3) is 0.158. The zero-order chi connectivity index (χ0) is 18.4. The molecule has 0 radical (unpaired) electrons. The Morgan fingerprint density at radius 3 is 2.76 bits per heavy atom. The number of aryl methyl sites for hydroxylation is 2. The zero-order valence-corrected chi connectivity index (χ0v) is 14.8. The van der Waals surface area contributed by atoms with Crippen LogP contribution in [-0.4, -0.2) is 5.91 Å². The average molecular weight is 355 g/mol. The van der Waals surface area contributed by atoms with E-state index in [1.165, 1.54) is 12.3 Å². The lowest BCUT2D eigenvalue weighted by atomic mass is 10.1. The number of carbonyl (C=O) groups excluding carboxylic acids is 1. The SMILES string of the molecule is CCc1cccc(C)c1N/C=C(/C#N)C(=O)Nc1ccc(N)cc1Cl. The van der Waals surface area contributed by atoms with Gasteiger partial charge in [-0.3, -0.25) is 4.79 Å². The Kier molecular flexibility index (Phi) is 6.04. The van der Waals surface area contributed by atoms with Crippen LogP contribution in [0, 0.1) is 18.3 Å². The second-order valence-corrected chi connectivity index (χ2v) is 5.88. The molecule has 0 bridgehead atoms. The third-order valence-corrected chi connectivity index (χ3v) is 4.02. The van der Waals surface area contributed by atoms with Crippen LogP contribution in [0.15, 0.2) is 48.2 Å². The molecule has 0 unspecified atom stereocenters. The van der Waals surface area contributed by atoms with Crippen LogP contribution in [-0.2, 0) is 11.2 Å². The van der Waals surface area contributed by atoms with Gasteiger partial charge in [0.1, 0.15) is 11.6 Å². The number of halogens is 1. The number of nitriles is 1. The van der Waals surface area contributed by atoms with Crippen LogP contribution in [0.2, 0.25) is 5.02 Å². The summed E-state index contributed by atoms with van der Waals surface area (Å²) in [5.74, 6) is -0.548. The molecule has 128 valence electrons. The Morgan fingerprint density at radius 1 is 1.36 bits per heavy atom. The molecule has 0 aromatic heterocycles. The van der Waals surface area contributed by atoms with Gasteiger partial charge in [0.25, 0.3) is 5.91 Å². The Hall–Kier alpha value is -2.97. The first-order valence-electron chi connectivity index (χ1n) is 7.78. The number of nitrogens with zero attached hydrogens (tertiary/aromatic N) is 1. The van der Waals surface area contributed by atoms with Gasteiger partial charge < -0.3 is 16.4 Å². The monoisotopic (exact) mass is 354 g/mol. The number of para-hydroxylation sites is 1. The van der Waals surface area contributed by atoms with E-state index in [2.05, 4.69) is 10.6 Å². The van der Waals surface area contributed by atoms with Crippen molar-refractivity contribution in [2.24, 2.45) is 0 Å². The standard InChI is InChI=1S/C19H19ClN4O/c1-3-13-6-4-5-12(2)18(13)23-11-14(10-21)19(25)24-17-8-7-15(22)9-16(17)20/h4-9,11,23H,3,22H2,1-2H3,(H,24,25)/b14-11-.